The molecule has 0 amide bonds. The normalized spacial score (nSPS) is 16.3. The summed E-state index contributed by atoms with van der Waals surface area (Å²) in [6, 6.07) is 5.03. The Morgan fingerprint density at radius 3 is 2.90 bits per heavy atom. The Kier molecular flexibility index (Phi) is 6.24. The highest BCUT2D eigenvalue weighted by molar-refractivity contribution is 5.35. The molecule has 0 aromatic heterocycles. The smallest absolute Gasteiger partial charge is 0.165 e. The van der Waals surface area contributed by atoms with Crippen molar-refractivity contribution in [1.82, 2.24) is 5.32 Å². The maximum absolute atomic E-state index is 14.0. The molecule has 5 heteroatoms. The lowest BCUT2D eigenvalue weighted by atomic mass is 10.1. The molecule has 2 rings (SSSR count). The minimum Gasteiger partial charge on any atom is -0.487 e. The van der Waals surface area contributed by atoms with Gasteiger partial charge in [0, 0.05) is 38.6 Å². The lowest BCUT2D eigenvalue weighted by molar-refractivity contribution is 0.0235. The van der Waals surface area contributed by atoms with Crippen LogP contribution in [0.3, 0.4) is 0 Å². The van der Waals surface area contributed by atoms with E-state index in [0.29, 0.717) is 32.1 Å². The summed E-state index contributed by atoms with van der Waals surface area (Å²) in [4.78, 5) is 0. The fourth-order valence-corrected chi connectivity index (χ4v) is 2.18. The van der Waals surface area contributed by atoms with Crippen molar-refractivity contribution in [3.8, 4) is 5.75 Å². The number of hydrogen-bond donors (Lipinski definition) is 1. The fourth-order valence-electron chi connectivity index (χ4n) is 2.18. The van der Waals surface area contributed by atoms with Gasteiger partial charge in [-0.15, -0.1) is 0 Å². The first-order chi connectivity index (χ1) is 9.81. The van der Waals surface area contributed by atoms with Crippen molar-refractivity contribution in [2.75, 3.05) is 33.5 Å². The lowest BCUT2D eigenvalue weighted by Gasteiger charge is -2.24. The molecule has 0 spiro atoms. The van der Waals surface area contributed by atoms with Gasteiger partial charge in [0.15, 0.2) is 11.6 Å². The maximum Gasteiger partial charge on any atom is 0.165 e. The summed E-state index contributed by atoms with van der Waals surface area (Å²) in [5.74, 6) is 0.0619. The van der Waals surface area contributed by atoms with Gasteiger partial charge in [-0.2, -0.15) is 0 Å². The monoisotopic (exact) mass is 283 g/mol. The third-order valence-corrected chi connectivity index (χ3v) is 3.30. The van der Waals surface area contributed by atoms with Gasteiger partial charge in [-0.05, 0) is 6.07 Å². The maximum atomic E-state index is 14.0. The van der Waals surface area contributed by atoms with Gasteiger partial charge < -0.3 is 19.5 Å². The molecule has 1 aliphatic heterocycles. The quantitative estimate of drug-likeness (QED) is 0.778. The van der Waals surface area contributed by atoms with Crippen LogP contribution < -0.4 is 10.1 Å². The minimum absolute atomic E-state index is 0.0402. The Hall–Kier alpha value is -1.17. The molecule has 1 aromatic rings. The molecule has 1 saturated heterocycles. The Bertz CT molecular complexity index is 408. The zero-order chi connectivity index (χ0) is 14.2. The van der Waals surface area contributed by atoms with Crippen LogP contribution in [-0.2, 0) is 16.0 Å². The van der Waals surface area contributed by atoms with E-state index in [2.05, 4.69) is 5.32 Å². The van der Waals surface area contributed by atoms with E-state index in [-0.39, 0.29) is 11.9 Å². The standard InChI is InChI=1S/C15H22FNO3/c1-18-10-7-17-11-12-3-2-4-14(16)15(12)20-13-5-8-19-9-6-13/h2-4,13,17H,5-11H2,1H3. The van der Waals surface area contributed by atoms with Crippen LogP contribution in [0.2, 0.25) is 0 Å². The van der Waals surface area contributed by atoms with Gasteiger partial charge in [-0.25, -0.2) is 4.39 Å². The number of benzene rings is 1. The second-order valence-corrected chi connectivity index (χ2v) is 4.83. The topological polar surface area (TPSA) is 39.7 Å². The molecule has 0 unspecified atom stereocenters. The summed E-state index contributed by atoms with van der Waals surface area (Å²) in [6.45, 7) is 3.29. The van der Waals surface area contributed by atoms with Gasteiger partial charge in [-0.3, -0.25) is 0 Å². The van der Waals surface area contributed by atoms with Gasteiger partial charge in [-0.1, -0.05) is 12.1 Å². The molecule has 4 nitrogen and oxygen atoms in total. The second kappa shape index (κ2) is 8.19. The van der Waals surface area contributed by atoms with Crippen LogP contribution in [-0.4, -0.2) is 39.6 Å². The van der Waals surface area contributed by atoms with Crippen LogP contribution >= 0.6 is 0 Å². The number of methoxy groups -OCH3 is 1. The molecular formula is C15H22FNO3. The second-order valence-electron chi connectivity index (χ2n) is 4.83. The number of halogens is 1. The van der Waals surface area contributed by atoms with Crippen LogP contribution in [0.4, 0.5) is 4.39 Å². The first-order valence-electron chi connectivity index (χ1n) is 7.02. The van der Waals surface area contributed by atoms with Crippen LogP contribution in [0.1, 0.15) is 18.4 Å². The van der Waals surface area contributed by atoms with Crippen LogP contribution in [0.15, 0.2) is 18.2 Å². The number of para-hydroxylation sites is 1. The van der Waals surface area contributed by atoms with Crippen molar-refractivity contribution in [3.05, 3.63) is 29.6 Å². The summed E-state index contributed by atoms with van der Waals surface area (Å²) in [6.07, 6.45) is 1.66. The van der Waals surface area contributed by atoms with E-state index in [1.807, 2.05) is 6.07 Å². The number of rotatable bonds is 7. The number of hydrogen-bond acceptors (Lipinski definition) is 4. The predicted molar refractivity (Wildman–Crippen MR) is 74.5 cm³/mol. The first-order valence-corrected chi connectivity index (χ1v) is 7.02. The highest BCUT2D eigenvalue weighted by Gasteiger charge is 2.19. The third-order valence-electron chi connectivity index (χ3n) is 3.30. The minimum atomic E-state index is -0.303. The Morgan fingerprint density at radius 2 is 2.15 bits per heavy atom. The van der Waals surface area contributed by atoms with E-state index in [0.717, 1.165) is 24.9 Å². The van der Waals surface area contributed by atoms with E-state index in [1.165, 1.54) is 6.07 Å². The van der Waals surface area contributed by atoms with Crippen LogP contribution in [0.25, 0.3) is 0 Å². The average Bonchev–Trinajstić information content (AvgIpc) is 2.48. The molecule has 112 valence electrons. The summed E-state index contributed by atoms with van der Waals surface area (Å²) in [5.41, 5.74) is 0.840. The van der Waals surface area contributed by atoms with Crippen molar-refractivity contribution >= 4 is 0 Å². The number of nitrogens with one attached hydrogen (secondary N) is 1. The van der Waals surface area contributed by atoms with E-state index >= 15 is 0 Å². The van der Waals surface area contributed by atoms with E-state index in [1.54, 1.807) is 13.2 Å². The summed E-state index contributed by atoms with van der Waals surface area (Å²) in [5, 5.41) is 3.21. The number of ether oxygens (including phenoxy) is 3. The van der Waals surface area contributed by atoms with Gasteiger partial charge >= 0.3 is 0 Å². The molecule has 0 saturated carbocycles. The SMILES string of the molecule is COCCNCc1cccc(F)c1OC1CCOCC1. The molecule has 1 N–H and O–H groups in total. The largest absolute Gasteiger partial charge is 0.487 e. The summed E-state index contributed by atoms with van der Waals surface area (Å²) >= 11 is 0. The van der Waals surface area contributed by atoms with Gasteiger partial charge in [0.05, 0.1) is 19.8 Å². The average molecular weight is 283 g/mol. The van der Waals surface area contributed by atoms with Crippen LogP contribution in [0.5, 0.6) is 5.75 Å². The molecule has 20 heavy (non-hydrogen) atoms. The molecule has 0 atom stereocenters. The molecule has 1 heterocycles. The van der Waals surface area contributed by atoms with Crippen LogP contribution in [0, 0.1) is 5.82 Å². The molecule has 1 fully saturated rings. The Balaban J connectivity index is 1.97. The zero-order valence-electron chi connectivity index (χ0n) is 11.9. The first kappa shape index (κ1) is 15.2. The highest BCUT2D eigenvalue weighted by Crippen LogP contribution is 2.26. The Labute approximate surface area is 119 Å². The van der Waals surface area contributed by atoms with Gasteiger partial charge in [0.2, 0.25) is 0 Å². The molecule has 1 aliphatic rings. The lowest BCUT2D eigenvalue weighted by Crippen LogP contribution is -2.27. The molecule has 0 bridgehead atoms. The van der Waals surface area contributed by atoms with Crippen molar-refractivity contribution < 1.29 is 18.6 Å². The molecular weight excluding hydrogens is 261 g/mol. The third kappa shape index (κ3) is 4.44. The van der Waals surface area contributed by atoms with E-state index < -0.39 is 0 Å². The van der Waals surface area contributed by atoms with Crippen molar-refractivity contribution in [3.63, 3.8) is 0 Å². The molecule has 1 aromatic carbocycles. The molecule has 0 aliphatic carbocycles. The highest BCUT2D eigenvalue weighted by atomic mass is 19.1. The summed E-state index contributed by atoms with van der Waals surface area (Å²) < 4.78 is 30.1. The van der Waals surface area contributed by atoms with Crippen molar-refractivity contribution in [2.45, 2.75) is 25.5 Å². The summed E-state index contributed by atoms with van der Waals surface area (Å²) in [7, 11) is 1.66. The Morgan fingerprint density at radius 1 is 1.35 bits per heavy atom. The van der Waals surface area contributed by atoms with Gasteiger partial charge in [0.25, 0.3) is 0 Å². The van der Waals surface area contributed by atoms with Crippen molar-refractivity contribution in [2.24, 2.45) is 0 Å². The zero-order valence-corrected chi connectivity index (χ0v) is 11.9. The molecule has 0 radical (unpaired) electrons. The van der Waals surface area contributed by atoms with Gasteiger partial charge in [0.1, 0.15) is 6.10 Å². The predicted octanol–water partition coefficient (Wildman–Crippen LogP) is 2.12. The van der Waals surface area contributed by atoms with E-state index in [9.17, 15) is 4.39 Å². The van der Waals surface area contributed by atoms with Crippen molar-refractivity contribution in [1.29, 1.82) is 0 Å². The fraction of sp³-hybridized carbons (Fsp3) is 0.600. The van der Waals surface area contributed by atoms with E-state index in [4.69, 9.17) is 14.2 Å².